The number of alkyl halides is 3. The molecule has 12 heteroatoms. The number of rotatable bonds is 5. The molecule has 8 nitrogen and oxygen atoms in total. The molecule has 0 spiro atoms. The Morgan fingerprint density at radius 3 is 2.50 bits per heavy atom. The van der Waals surface area contributed by atoms with Gasteiger partial charge < -0.3 is 14.9 Å². The van der Waals surface area contributed by atoms with Crippen molar-refractivity contribution < 1.29 is 27.9 Å². The van der Waals surface area contributed by atoms with Gasteiger partial charge in [-0.15, -0.1) is 0 Å². The molecular formula is C24H29ClF3N5O3. The Balaban J connectivity index is 1.45. The van der Waals surface area contributed by atoms with Crippen LogP contribution >= 0.6 is 11.6 Å². The highest BCUT2D eigenvalue weighted by Crippen LogP contribution is 2.35. The number of carbonyl (C=O) groups is 2. The summed E-state index contributed by atoms with van der Waals surface area (Å²) in [6.45, 7) is 4.33. The highest BCUT2D eigenvalue weighted by Gasteiger charge is 2.34. The smallest absolute Gasteiger partial charge is 0.416 e. The van der Waals surface area contributed by atoms with Gasteiger partial charge in [0.2, 0.25) is 0 Å². The number of benzene rings is 1. The number of hydrogen-bond donors (Lipinski definition) is 1. The number of aromatic nitrogens is 2. The van der Waals surface area contributed by atoms with Crippen molar-refractivity contribution in [1.29, 1.82) is 0 Å². The molecule has 2 atom stereocenters. The zero-order valence-electron chi connectivity index (χ0n) is 20.1. The Bertz CT molecular complexity index is 1130. The Labute approximate surface area is 212 Å². The predicted molar refractivity (Wildman–Crippen MR) is 129 cm³/mol. The zero-order valence-corrected chi connectivity index (χ0v) is 20.9. The lowest BCUT2D eigenvalue weighted by Crippen LogP contribution is -2.51. The summed E-state index contributed by atoms with van der Waals surface area (Å²) in [5, 5.41) is 12.8. The van der Waals surface area contributed by atoms with E-state index < -0.39 is 23.7 Å². The van der Waals surface area contributed by atoms with Gasteiger partial charge in [0.25, 0.3) is 0 Å². The first-order chi connectivity index (χ1) is 17.0. The van der Waals surface area contributed by atoms with E-state index in [0.29, 0.717) is 31.6 Å². The van der Waals surface area contributed by atoms with Crippen LogP contribution < -0.4 is 4.90 Å². The van der Waals surface area contributed by atoms with E-state index >= 15 is 0 Å². The first-order valence-electron chi connectivity index (χ1n) is 11.9. The molecule has 2 unspecified atom stereocenters. The average molecular weight is 528 g/mol. The molecule has 1 aromatic heterocycles. The maximum Gasteiger partial charge on any atom is 0.416 e. The Kier molecular flexibility index (Phi) is 7.51. The van der Waals surface area contributed by atoms with Gasteiger partial charge in [-0.05, 0) is 57.4 Å². The number of carboxylic acids is 1. The number of likely N-dealkylation sites (tertiary alicyclic amines) is 1. The molecule has 0 saturated carbocycles. The van der Waals surface area contributed by atoms with Crippen LogP contribution in [0.4, 0.5) is 23.7 Å². The van der Waals surface area contributed by atoms with Crippen LogP contribution in [0.1, 0.15) is 54.2 Å². The molecule has 36 heavy (non-hydrogen) atoms. The van der Waals surface area contributed by atoms with Crippen molar-refractivity contribution in [3.8, 4) is 0 Å². The van der Waals surface area contributed by atoms with Crippen LogP contribution in [-0.2, 0) is 12.7 Å². The summed E-state index contributed by atoms with van der Waals surface area (Å²) in [7, 11) is 1.95. The Hall–Kier alpha value is -2.79. The number of amides is 1. The van der Waals surface area contributed by atoms with Crippen molar-refractivity contribution in [3.63, 3.8) is 0 Å². The summed E-state index contributed by atoms with van der Waals surface area (Å²) in [6.07, 6.45) is 0.0478. The minimum Gasteiger partial charge on any atom is -0.476 e. The number of carboxylic acid groups (broad SMARTS) is 1. The summed E-state index contributed by atoms with van der Waals surface area (Å²) in [4.78, 5) is 29.9. The zero-order chi connectivity index (χ0) is 26.2. The van der Waals surface area contributed by atoms with E-state index in [9.17, 15) is 22.8 Å². The lowest BCUT2D eigenvalue weighted by atomic mass is 9.96. The summed E-state index contributed by atoms with van der Waals surface area (Å²) >= 11 is 5.89. The lowest BCUT2D eigenvalue weighted by Gasteiger charge is -2.41. The van der Waals surface area contributed by atoms with Gasteiger partial charge in [-0.2, -0.15) is 23.0 Å². The number of hydrogen-bond acceptors (Lipinski definition) is 5. The van der Waals surface area contributed by atoms with Crippen LogP contribution in [-0.4, -0.2) is 75.5 Å². The number of piperidine rings is 1. The SMILES string of the molecule is CC1CC(N(C)Cc2ccc(C(F)(F)F)cc2N2CCCC2)CCN1C(=O)n1cc(Cl)c(C(=O)O)n1. The van der Waals surface area contributed by atoms with Gasteiger partial charge in [-0.3, -0.25) is 4.90 Å². The van der Waals surface area contributed by atoms with Gasteiger partial charge in [-0.25, -0.2) is 9.59 Å². The molecule has 2 aliphatic rings. The number of anilines is 1. The van der Waals surface area contributed by atoms with E-state index in [1.54, 1.807) is 11.0 Å². The van der Waals surface area contributed by atoms with E-state index in [2.05, 4.69) is 10.00 Å². The second kappa shape index (κ2) is 10.3. The van der Waals surface area contributed by atoms with Crippen molar-refractivity contribution in [2.75, 3.05) is 31.6 Å². The first kappa shape index (κ1) is 26.3. The Morgan fingerprint density at radius 2 is 1.92 bits per heavy atom. The molecule has 2 fully saturated rings. The lowest BCUT2D eigenvalue weighted by molar-refractivity contribution is -0.137. The number of aromatic carboxylic acids is 1. The second-order valence-corrected chi connectivity index (χ2v) is 9.94. The van der Waals surface area contributed by atoms with Crippen LogP contribution in [0.3, 0.4) is 0 Å². The molecule has 2 aliphatic heterocycles. The van der Waals surface area contributed by atoms with E-state index in [4.69, 9.17) is 16.7 Å². The normalized spacial score (nSPS) is 20.9. The van der Waals surface area contributed by atoms with Crippen molar-refractivity contribution in [1.82, 2.24) is 19.6 Å². The van der Waals surface area contributed by atoms with E-state index in [0.717, 1.165) is 42.2 Å². The van der Waals surface area contributed by atoms with E-state index in [1.165, 1.54) is 12.3 Å². The quantitative estimate of drug-likeness (QED) is 0.601. The summed E-state index contributed by atoms with van der Waals surface area (Å²) in [6, 6.07) is 3.51. The molecule has 0 radical (unpaired) electrons. The summed E-state index contributed by atoms with van der Waals surface area (Å²) in [5.41, 5.74) is 0.476. The molecule has 1 N–H and O–H groups in total. The van der Waals surface area contributed by atoms with Gasteiger partial charge in [0.15, 0.2) is 5.69 Å². The van der Waals surface area contributed by atoms with Crippen LogP contribution in [0.25, 0.3) is 0 Å². The minimum atomic E-state index is -4.39. The van der Waals surface area contributed by atoms with Crippen molar-refractivity contribution in [3.05, 3.63) is 46.2 Å². The standard InChI is InChI=1S/C24H29ClF3N5O3/c1-15-11-18(7-10-32(15)23(36)33-14-19(25)21(29-33)22(34)35)30(2)13-16-5-6-17(24(26,27)28)12-20(16)31-8-3-4-9-31/h5-6,12,14-15,18H,3-4,7-11,13H2,1-2H3,(H,34,35). The maximum atomic E-state index is 13.4. The third-order valence-corrected chi connectivity index (χ3v) is 7.34. The molecule has 0 aliphatic carbocycles. The number of carbonyl (C=O) groups excluding carboxylic acids is 1. The van der Waals surface area contributed by atoms with E-state index in [1.807, 2.05) is 18.9 Å². The molecule has 3 heterocycles. The number of halogens is 4. The third kappa shape index (κ3) is 5.46. The molecule has 1 aromatic carbocycles. The second-order valence-electron chi connectivity index (χ2n) is 9.53. The molecule has 2 aromatic rings. The van der Waals surface area contributed by atoms with Gasteiger partial charge in [0.1, 0.15) is 0 Å². The minimum absolute atomic E-state index is 0.108. The van der Waals surface area contributed by atoms with Crippen LogP contribution in [0.15, 0.2) is 24.4 Å². The average Bonchev–Trinajstić information content (AvgIpc) is 3.48. The molecule has 1 amide bonds. The van der Waals surface area contributed by atoms with Gasteiger partial charge >= 0.3 is 18.2 Å². The predicted octanol–water partition coefficient (Wildman–Crippen LogP) is 4.81. The first-order valence-corrected chi connectivity index (χ1v) is 12.3. The fourth-order valence-corrected chi connectivity index (χ4v) is 5.29. The molecular weight excluding hydrogens is 499 g/mol. The van der Waals surface area contributed by atoms with Gasteiger partial charge in [0.05, 0.1) is 16.8 Å². The topological polar surface area (TPSA) is 81.9 Å². The summed E-state index contributed by atoms with van der Waals surface area (Å²) < 4.78 is 41.1. The number of nitrogens with zero attached hydrogens (tertiary/aromatic N) is 5. The molecule has 2 saturated heterocycles. The summed E-state index contributed by atoms with van der Waals surface area (Å²) in [5.74, 6) is -1.31. The third-order valence-electron chi connectivity index (χ3n) is 7.06. The largest absolute Gasteiger partial charge is 0.476 e. The van der Waals surface area contributed by atoms with Crippen molar-refractivity contribution in [2.24, 2.45) is 0 Å². The maximum absolute atomic E-state index is 13.4. The van der Waals surface area contributed by atoms with Crippen LogP contribution in [0.2, 0.25) is 5.02 Å². The molecule has 0 bridgehead atoms. The van der Waals surface area contributed by atoms with Gasteiger partial charge in [0, 0.05) is 44.0 Å². The van der Waals surface area contributed by atoms with Crippen LogP contribution in [0.5, 0.6) is 0 Å². The Morgan fingerprint density at radius 1 is 1.22 bits per heavy atom. The van der Waals surface area contributed by atoms with E-state index in [-0.39, 0.29) is 22.8 Å². The fraction of sp³-hybridized carbons (Fsp3) is 0.542. The highest BCUT2D eigenvalue weighted by atomic mass is 35.5. The monoisotopic (exact) mass is 527 g/mol. The highest BCUT2D eigenvalue weighted by molar-refractivity contribution is 6.33. The van der Waals surface area contributed by atoms with Gasteiger partial charge in [-0.1, -0.05) is 17.7 Å². The molecule has 4 rings (SSSR count). The van der Waals surface area contributed by atoms with Crippen molar-refractivity contribution >= 4 is 29.3 Å². The van der Waals surface area contributed by atoms with Crippen LogP contribution in [0, 0.1) is 0 Å². The van der Waals surface area contributed by atoms with Crippen molar-refractivity contribution in [2.45, 2.75) is 57.4 Å². The molecule has 196 valence electrons. The fourth-order valence-electron chi connectivity index (χ4n) is 5.08.